The molecule has 142 valence electrons. The maximum absolute atomic E-state index is 12.8. The van der Waals surface area contributed by atoms with Gasteiger partial charge >= 0.3 is 0 Å². The highest BCUT2D eigenvalue weighted by Gasteiger charge is 2.35. The lowest BCUT2D eigenvalue weighted by atomic mass is 10.0. The van der Waals surface area contributed by atoms with Crippen LogP contribution < -0.4 is 15.0 Å². The SMILES string of the molecule is CCOc1ccc(N2C[C@@H](C(=O)Nc3c(C)cccc3CC)CC2=O)cc1. The van der Waals surface area contributed by atoms with Crippen molar-refractivity contribution in [3.8, 4) is 5.75 Å². The topological polar surface area (TPSA) is 58.6 Å². The van der Waals surface area contributed by atoms with Crippen molar-refractivity contribution in [1.82, 2.24) is 0 Å². The van der Waals surface area contributed by atoms with Crippen molar-refractivity contribution in [3.63, 3.8) is 0 Å². The molecular weight excluding hydrogens is 340 g/mol. The van der Waals surface area contributed by atoms with Crippen LogP contribution in [0.25, 0.3) is 0 Å². The molecule has 1 fully saturated rings. The van der Waals surface area contributed by atoms with Crippen LogP contribution in [0.4, 0.5) is 11.4 Å². The number of amides is 2. The van der Waals surface area contributed by atoms with E-state index in [1.807, 2.05) is 56.3 Å². The molecule has 0 unspecified atom stereocenters. The molecule has 0 spiro atoms. The van der Waals surface area contributed by atoms with Crippen LogP contribution >= 0.6 is 0 Å². The predicted molar refractivity (Wildman–Crippen MR) is 107 cm³/mol. The van der Waals surface area contributed by atoms with Gasteiger partial charge in [-0.15, -0.1) is 0 Å². The molecule has 2 amide bonds. The van der Waals surface area contributed by atoms with E-state index >= 15 is 0 Å². The number of nitrogens with zero attached hydrogens (tertiary/aromatic N) is 1. The summed E-state index contributed by atoms with van der Waals surface area (Å²) in [6, 6.07) is 13.4. The van der Waals surface area contributed by atoms with Crippen molar-refractivity contribution >= 4 is 23.2 Å². The number of ether oxygens (including phenoxy) is 1. The van der Waals surface area contributed by atoms with Crippen LogP contribution in [0, 0.1) is 12.8 Å². The Morgan fingerprint density at radius 3 is 2.59 bits per heavy atom. The molecule has 2 aromatic carbocycles. The molecular formula is C22H26N2O3. The third-order valence-corrected chi connectivity index (χ3v) is 4.94. The first-order valence-corrected chi connectivity index (χ1v) is 9.46. The summed E-state index contributed by atoms with van der Waals surface area (Å²) in [7, 11) is 0. The Balaban J connectivity index is 1.71. The van der Waals surface area contributed by atoms with E-state index in [1.165, 1.54) is 0 Å². The highest BCUT2D eigenvalue weighted by atomic mass is 16.5. The number of nitrogens with one attached hydrogen (secondary N) is 1. The van der Waals surface area contributed by atoms with Gasteiger partial charge in [0.1, 0.15) is 5.75 Å². The van der Waals surface area contributed by atoms with Crippen LogP contribution in [0.1, 0.15) is 31.4 Å². The Kier molecular flexibility index (Phi) is 5.79. The van der Waals surface area contributed by atoms with Gasteiger partial charge in [0.2, 0.25) is 11.8 Å². The third-order valence-electron chi connectivity index (χ3n) is 4.94. The third kappa shape index (κ3) is 4.13. The number of anilines is 2. The van der Waals surface area contributed by atoms with Gasteiger partial charge in [-0.3, -0.25) is 9.59 Å². The Morgan fingerprint density at radius 2 is 1.93 bits per heavy atom. The van der Waals surface area contributed by atoms with Gasteiger partial charge in [-0.1, -0.05) is 25.1 Å². The summed E-state index contributed by atoms with van der Waals surface area (Å²) in [6.45, 7) is 6.98. The van der Waals surface area contributed by atoms with Crippen molar-refractivity contribution < 1.29 is 14.3 Å². The van der Waals surface area contributed by atoms with Crippen LogP contribution in [-0.2, 0) is 16.0 Å². The quantitative estimate of drug-likeness (QED) is 0.842. The van der Waals surface area contributed by atoms with E-state index < -0.39 is 0 Å². The molecule has 1 heterocycles. The first-order chi connectivity index (χ1) is 13.0. The zero-order valence-electron chi connectivity index (χ0n) is 16.1. The molecule has 1 atom stereocenters. The summed E-state index contributed by atoms with van der Waals surface area (Å²) >= 11 is 0. The van der Waals surface area contributed by atoms with Gasteiger partial charge in [-0.2, -0.15) is 0 Å². The highest BCUT2D eigenvalue weighted by molar-refractivity contribution is 6.04. The van der Waals surface area contributed by atoms with E-state index in [-0.39, 0.29) is 24.2 Å². The molecule has 2 aromatic rings. The number of para-hydroxylation sites is 1. The van der Waals surface area contributed by atoms with Gasteiger partial charge < -0.3 is 15.0 Å². The number of aryl methyl sites for hydroxylation is 2. The fourth-order valence-corrected chi connectivity index (χ4v) is 3.45. The normalized spacial score (nSPS) is 16.5. The second kappa shape index (κ2) is 8.25. The van der Waals surface area contributed by atoms with Gasteiger partial charge in [0.05, 0.1) is 12.5 Å². The molecule has 27 heavy (non-hydrogen) atoms. The van der Waals surface area contributed by atoms with Gasteiger partial charge in [0, 0.05) is 24.3 Å². The number of carbonyl (C=O) groups excluding carboxylic acids is 2. The zero-order valence-corrected chi connectivity index (χ0v) is 16.1. The van der Waals surface area contributed by atoms with Crippen LogP contribution in [0.3, 0.4) is 0 Å². The Bertz CT molecular complexity index is 830. The van der Waals surface area contributed by atoms with Crippen molar-refractivity contribution in [1.29, 1.82) is 0 Å². The fourth-order valence-electron chi connectivity index (χ4n) is 3.45. The average Bonchev–Trinajstić information content (AvgIpc) is 3.06. The molecule has 5 heteroatoms. The van der Waals surface area contributed by atoms with Crippen molar-refractivity contribution in [2.45, 2.75) is 33.6 Å². The van der Waals surface area contributed by atoms with E-state index in [0.29, 0.717) is 13.2 Å². The molecule has 0 aromatic heterocycles. The molecule has 1 aliphatic heterocycles. The van der Waals surface area contributed by atoms with Crippen molar-refractivity contribution in [2.24, 2.45) is 5.92 Å². The largest absolute Gasteiger partial charge is 0.494 e. The van der Waals surface area contributed by atoms with Gasteiger partial charge in [0.15, 0.2) is 0 Å². The predicted octanol–water partition coefficient (Wildman–Crippen LogP) is 3.95. The Labute approximate surface area is 160 Å². The molecule has 1 N–H and O–H groups in total. The molecule has 0 radical (unpaired) electrons. The first kappa shape index (κ1) is 19.0. The molecule has 0 aliphatic carbocycles. The summed E-state index contributed by atoms with van der Waals surface area (Å²) in [5, 5.41) is 3.05. The summed E-state index contributed by atoms with van der Waals surface area (Å²) in [5.74, 6) is 0.294. The molecule has 5 nitrogen and oxygen atoms in total. The van der Waals surface area contributed by atoms with Gasteiger partial charge in [-0.05, 0) is 55.7 Å². The van der Waals surface area contributed by atoms with Crippen molar-refractivity contribution in [2.75, 3.05) is 23.4 Å². The zero-order chi connectivity index (χ0) is 19.4. The molecule has 1 saturated heterocycles. The molecule has 1 aliphatic rings. The summed E-state index contributed by atoms with van der Waals surface area (Å²) in [4.78, 5) is 26.9. The monoisotopic (exact) mass is 366 g/mol. The Hall–Kier alpha value is -2.82. The minimum atomic E-state index is -0.353. The lowest BCUT2D eigenvalue weighted by molar-refractivity contribution is -0.122. The Morgan fingerprint density at radius 1 is 1.19 bits per heavy atom. The highest BCUT2D eigenvalue weighted by Crippen LogP contribution is 2.29. The van der Waals surface area contributed by atoms with Crippen LogP contribution in [0.2, 0.25) is 0 Å². The molecule has 0 bridgehead atoms. The number of rotatable bonds is 6. The number of hydrogen-bond donors (Lipinski definition) is 1. The van der Waals surface area contributed by atoms with Gasteiger partial charge in [-0.25, -0.2) is 0 Å². The van der Waals surface area contributed by atoms with E-state index in [1.54, 1.807) is 4.90 Å². The summed E-state index contributed by atoms with van der Waals surface area (Å²) in [6.07, 6.45) is 1.07. The van der Waals surface area contributed by atoms with Crippen molar-refractivity contribution in [3.05, 3.63) is 53.6 Å². The lowest BCUT2D eigenvalue weighted by Gasteiger charge is -2.18. The first-order valence-electron chi connectivity index (χ1n) is 9.46. The maximum atomic E-state index is 12.8. The molecule has 3 rings (SSSR count). The van der Waals surface area contributed by atoms with Gasteiger partial charge in [0.25, 0.3) is 0 Å². The number of hydrogen-bond acceptors (Lipinski definition) is 3. The minimum absolute atomic E-state index is 0.0280. The summed E-state index contributed by atoms with van der Waals surface area (Å²) < 4.78 is 5.44. The number of benzene rings is 2. The second-order valence-electron chi connectivity index (χ2n) is 6.78. The van der Waals surface area contributed by atoms with Crippen LogP contribution in [0.5, 0.6) is 5.75 Å². The standard InChI is InChI=1S/C22H26N2O3/c1-4-16-8-6-7-15(3)21(16)23-22(26)17-13-20(25)24(14-17)18-9-11-19(12-10-18)27-5-2/h6-12,17H,4-5,13-14H2,1-3H3,(H,23,26)/t17-/m0/s1. The maximum Gasteiger partial charge on any atom is 0.229 e. The second-order valence-corrected chi connectivity index (χ2v) is 6.78. The smallest absolute Gasteiger partial charge is 0.229 e. The number of carbonyl (C=O) groups is 2. The van der Waals surface area contributed by atoms with Crippen LogP contribution in [0.15, 0.2) is 42.5 Å². The fraction of sp³-hybridized carbons (Fsp3) is 0.364. The van der Waals surface area contributed by atoms with E-state index in [9.17, 15) is 9.59 Å². The van der Waals surface area contributed by atoms with E-state index in [2.05, 4.69) is 12.2 Å². The van der Waals surface area contributed by atoms with E-state index in [0.717, 1.165) is 34.7 Å². The minimum Gasteiger partial charge on any atom is -0.494 e. The molecule has 0 saturated carbocycles. The van der Waals surface area contributed by atoms with E-state index in [4.69, 9.17) is 4.74 Å². The lowest BCUT2D eigenvalue weighted by Crippen LogP contribution is -2.28. The van der Waals surface area contributed by atoms with Crippen LogP contribution in [-0.4, -0.2) is 25.0 Å². The summed E-state index contributed by atoms with van der Waals surface area (Å²) in [5.41, 5.74) is 3.81. The average molecular weight is 366 g/mol.